The lowest BCUT2D eigenvalue weighted by atomic mass is 10.0. The molecule has 88 valence electrons. The average Bonchev–Trinajstić information content (AvgIpc) is 2.53. The summed E-state index contributed by atoms with van der Waals surface area (Å²) in [4.78, 5) is 0. The molecule has 1 aliphatic rings. The van der Waals surface area contributed by atoms with E-state index in [0.29, 0.717) is 6.61 Å². The highest BCUT2D eigenvalue weighted by atomic mass is 16.5. The number of hydrogen-bond acceptors (Lipinski definition) is 3. The van der Waals surface area contributed by atoms with Gasteiger partial charge in [-0.05, 0) is 30.0 Å². The van der Waals surface area contributed by atoms with Gasteiger partial charge in [0.2, 0.25) is 0 Å². The van der Waals surface area contributed by atoms with E-state index in [0.717, 1.165) is 30.9 Å². The second-order valence-electron chi connectivity index (χ2n) is 4.32. The summed E-state index contributed by atoms with van der Waals surface area (Å²) in [5, 5.41) is 9.02. The number of rotatable bonds is 3. The lowest BCUT2D eigenvalue weighted by Crippen LogP contribution is -2.04. The minimum absolute atomic E-state index is 0.217. The number of fused-ring (bicyclic) bond motifs is 1. The Morgan fingerprint density at radius 2 is 2.00 bits per heavy atom. The Morgan fingerprint density at radius 3 is 2.75 bits per heavy atom. The molecule has 0 aliphatic carbocycles. The molecule has 0 radical (unpaired) electrons. The molecule has 3 nitrogen and oxygen atoms in total. The van der Waals surface area contributed by atoms with E-state index in [1.165, 1.54) is 5.56 Å². The smallest absolute Gasteiger partial charge is 0.161 e. The molecule has 1 aliphatic heterocycles. The van der Waals surface area contributed by atoms with Gasteiger partial charge in [0.05, 0.1) is 13.2 Å². The van der Waals surface area contributed by atoms with Crippen molar-refractivity contribution in [3.8, 4) is 11.5 Å². The van der Waals surface area contributed by atoms with Crippen molar-refractivity contribution in [1.82, 2.24) is 0 Å². The maximum Gasteiger partial charge on any atom is 0.161 e. The minimum Gasteiger partial charge on any atom is -0.490 e. The van der Waals surface area contributed by atoms with E-state index in [4.69, 9.17) is 14.6 Å². The summed E-state index contributed by atoms with van der Waals surface area (Å²) in [6, 6.07) is 6.02. The topological polar surface area (TPSA) is 38.7 Å². The van der Waals surface area contributed by atoms with Gasteiger partial charge in [-0.3, -0.25) is 0 Å². The molecule has 3 heteroatoms. The first kappa shape index (κ1) is 11.3. The summed E-state index contributed by atoms with van der Waals surface area (Å²) < 4.78 is 11.2. The van der Waals surface area contributed by atoms with Crippen LogP contribution in [0.2, 0.25) is 0 Å². The molecule has 1 unspecified atom stereocenters. The molecule has 1 heterocycles. The van der Waals surface area contributed by atoms with Crippen LogP contribution in [0.5, 0.6) is 11.5 Å². The summed E-state index contributed by atoms with van der Waals surface area (Å²) in [6.45, 7) is 3.68. The Balaban J connectivity index is 2.14. The first-order chi connectivity index (χ1) is 7.79. The molecule has 0 spiro atoms. The fourth-order valence-corrected chi connectivity index (χ4v) is 1.80. The number of aliphatic hydroxyl groups excluding tert-OH is 1. The number of ether oxygens (including phenoxy) is 2. The van der Waals surface area contributed by atoms with Gasteiger partial charge in [0.1, 0.15) is 0 Å². The van der Waals surface area contributed by atoms with Gasteiger partial charge in [-0.1, -0.05) is 13.0 Å². The van der Waals surface area contributed by atoms with Crippen LogP contribution in [0, 0.1) is 5.92 Å². The summed E-state index contributed by atoms with van der Waals surface area (Å²) >= 11 is 0. The Bertz CT molecular complexity index is 349. The maximum atomic E-state index is 9.02. The molecular formula is C13H18O3. The molecule has 0 bridgehead atoms. The van der Waals surface area contributed by atoms with Gasteiger partial charge >= 0.3 is 0 Å². The molecule has 2 rings (SSSR count). The standard InChI is InChI=1S/C13H18O3/c1-10(9-14)7-11-3-4-12-13(8-11)16-6-2-5-15-12/h3-4,8,10,14H,2,5-7,9H2,1H3. The van der Waals surface area contributed by atoms with Crippen molar-refractivity contribution in [2.45, 2.75) is 19.8 Å². The molecule has 1 aromatic rings. The van der Waals surface area contributed by atoms with Crippen LogP contribution in [0.25, 0.3) is 0 Å². The van der Waals surface area contributed by atoms with E-state index in [1.54, 1.807) is 0 Å². The highest BCUT2D eigenvalue weighted by molar-refractivity contribution is 5.43. The van der Waals surface area contributed by atoms with Gasteiger partial charge in [0, 0.05) is 13.0 Å². The van der Waals surface area contributed by atoms with Crippen LogP contribution in [-0.2, 0) is 6.42 Å². The zero-order valence-electron chi connectivity index (χ0n) is 9.61. The minimum atomic E-state index is 0.217. The summed E-state index contributed by atoms with van der Waals surface area (Å²) in [7, 11) is 0. The third kappa shape index (κ3) is 2.67. The van der Waals surface area contributed by atoms with Crippen LogP contribution < -0.4 is 9.47 Å². The van der Waals surface area contributed by atoms with E-state index >= 15 is 0 Å². The Labute approximate surface area is 96.0 Å². The average molecular weight is 222 g/mol. The third-order valence-electron chi connectivity index (χ3n) is 2.71. The predicted molar refractivity (Wildman–Crippen MR) is 62.0 cm³/mol. The molecule has 1 aromatic carbocycles. The Kier molecular flexibility index (Phi) is 3.67. The third-order valence-corrected chi connectivity index (χ3v) is 2.71. The van der Waals surface area contributed by atoms with Crippen molar-refractivity contribution >= 4 is 0 Å². The molecule has 0 saturated carbocycles. The Hall–Kier alpha value is -1.22. The maximum absolute atomic E-state index is 9.02. The zero-order chi connectivity index (χ0) is 11.4. The highest BCUT2D eigenvalue weighted by Gasteiger charge is 2.11. The fraction of sp³-hybridized carbons (Fsp3) is 0.538. The summed E-state index contributed by atoms with van der Waals surface area (Å²) in [5.41, 5.74) is 1.19. The second kappa shape index (κ2) is 5.21. The molecule has 0 saturated heterocycles. The Morgan fingerprint density at radius 1 is 1.25 bits per heavy atom. The highest BCUT2D eigenvalue weighted by Crippen LogP contribution is 2.31. The molecular weight excluding hydrogens is 204 g/mol. The molecule has 1 atom stereocenters. The zero-order valence-corrected chi connectivity index (χ0v) is 9.61. The summed E-state index contributed by atoms with van der Waals surface area (Å²) in [6.07, 6.45) is 1.80. The molecule has 16 heavy (non-hydrogen) atoms. The van der Waals surface area contributed by atoms with Crippen LogP contribution in [0.15, 0.2) is 18.2 Å². The molecule has 1 N–H and O–H groups in total. The number of hydrogen-bond donors (Lipinski definition) is 1. The van der Waals surface area contributed by atoms with Crippen molar-refractivity contribution in [1.29, 1.82) is 0 Å². The first-order valence-corrected chi connectivity index (χ1v) is 5.79. The molecule has 0 fully saturated rings. The lowest BCUT2D eigenvalue weighted by Gasteiger charge is -2.11. The quantitative estimate of drug-likeness (QED) is 0.850. The second-order valence-corrected chi connectivity index (χ2v) is 4.32. The fourth-order valence-electron chi connectivity index (χ4n) is 1.80. The van der Waals surface area contributed by atoms with E-state index in [9.17, 15) is 0 Å². The van der Waals surface area contributed by atoms with E-state index < -0.39 is 0 Å². The van der Waals surface area contributed by atoms with Gasteiger partial charge < -0.3 is 14.6 Å². The van der Waals surface area contributed by atoms with Gasteiger partial charge in [-0.2, -0.15) is 0 Å². The van der Waals surface area contributed by atoms with Crippen molar-refractivity contribution in [2.75, 3.05) is 19.8 Å². The summed E-state index contributed by atoms with van der Waals surface area (Å²) in [5.74, 6) is 1.95. The van der Waals surface area contributed by atoms with Crippen molar-refractivity contribution in [3.05, 3.63) is 23.8 Å². The predicted octanol–water partition coefficient (Wildman–Crippen LogP) is 2.02. The van der Waals surface area contributed by atoms with Crippen LogP contribution in [-0.4, -0.2) is 24.9 Å². The number of aliphatic hydroxyl groups is 1. The van der Waals surface area contributed by atoms with Gasteiger partial charge in [0.25, 0.3) is 0 Å². The van der Waals surface area contributed by atoms with Crippen LogP contribution in [0.4, 0.5) is 0 Å². The van der Waals surface area contributed by atoms with E-state index in [-0.39, 0.29) is 12.5 Å². The van der Waals surface area contributed by atoms with Crippen molar-refractivity contribution in [2.24, 2.45) is 5.92 Å². The van der Waals surface area contributed by atoms with Crippen LogP contribution >= 0.6 is 0 Å². The van der Waals surface area contributed by atoms with Gasteiger partial charge in [-0.15, -0.1) is 0 Å². The lowest BCUT2D eigenvalue weighted by molar-refractivity contribution is 0.237. The number of benzene rings is 1. The largest absolute Gasteiger partial charge is 0.490 e. The monoisotopic (exact) mass is 222 g/mol. The van der Waals surface area contributed by atoms with Gasteiger partial charge in [-0.25, -0.2) is 0 Å². The van der Waals surface area contributed by atoms with Crippen LogP contribution in [0.1, 0.15) is 18.9 Å². The normalized spacial score (nSPS) is 16.6. The van der Waals surface area contributed by atoms with Crippen LogP contribution in [0.3, 0.4) is 0 Å². The van der Waals surface area contributed by atoms with Crippen molar-refractivity contribution in [3.63, 3.8) is 0 Å². The molecule has 0 amide bonds. The van der Waals surface area contributed by atoms with Gasteiger partial charge in [0.15, 0.2) is 11.5 Å². The van der Waals surface area contributed by atoms with E-state index in [2.05, 4.69) is 0 Å². The molecule has 0 aromatic heterocycles. The first-order valence-electron chi connectivity index (χ1n) is 5.79. The SMILES string of the molecule is CC(CO)Cc1ccc2c(c1)OCCCO2. The van der Waals surface area contributed by atoms with Crippen molar-refractivity contribution < 1.29 is 14.6 Å². The van der Waals surface area contributed by atoms with E-state index in [1.807, 2.05) is 25.1 Å².